The number of nitrogens with zero attached hydrogens (tertiary/aromatic N) is 3. The fraction of sp³-hybridized carbons (Fsp3) is 0.938. The van der Waals surface area contributed by atoms with Crippen molar-refractivity contribution in [1.82, 2.24) is 14.7 Å². The Hall–Kier alpha value is -0.650. The number of likely N-dealkylation sites (tertiary alicyclic amines) is 2. The molecule has 2 saturated heterocycles. The number of hydrogen-bond acceptors (Lipinski definition) is 4. The summed E-state index contributed by atoms with van der Waals surface area (Å²) in [6, 6.07) is -0.00132. The highest BCUT2D eigenvalue weighted by Gasteiger charge is 2.28. The number of piperidine rings is 1. The lowest BCUT2D eigenvalue weighted by Gasteiger charge is -2.35. The average Bonchev–Trinajstić information content (AvgIpc) is 3.02. The number of aliphatic hydroxyl groups is 1. The van der Waals surface area contributed by atoms with Gasteiger partial charge in [-0.2, -0.15) is 0 Å². The quantitative estimate of drug-likeness (QED) is 0.781. The summed E-state index contributed by atoms with van der Waals surface area (Å²) in [6.45, 7) is 8.14. The Kier molecular flexibility index (Phi) is 6.45. The zero-order chi connectivity index (χ0) is 15.2. The molecule has 0 bridgehead atoms. The van der Waals surface area contributed by atoms with E-state index in [2.05, 4.69) is 16.8 Å². The van der Waals surface area contributed by atoms with Gasteiger partial charge in [-0.1, -0.05) is 0 Å². The minimum atomic E-state index is -0.00132. The zero-order valence-electron chi connectivity index (χ0n) is 13.6. The van der Waals surface area contributed by atoms with Crippen molar-refractivity contribution in [3.63, 3.8) is 0 Å². The lowest BCUT2D eigenvalue weighted by atomic mass is 9.96. The van der Waals surface area contributed by atoms with Gasteiger partial charge in [0.1, 0.15) is 0 Å². The highest BCUT2D eigenvalue weighted by atomic mass is 16.3. The van der Waals surface area contributed by atoms with E-state index in [1.807, 2.05) is 11.8 Å². The molecule has 0 aromatic heterocycles. The predicted octanol–water partition coefficient (Wildman–Crippen LogP) is 0.633. The maximum Gasteiger partial charge on any atom is 0.239 e. The molecule has 21 heavy (non-hydrogen) atoms. The van der Waals surface area contributed by atoms with Crippen LogP contribution >= 0.6 is 0 Å². The Morgan fingerprint density at radius 1 is 1.24 bits per heavy atom. The van der Waals surface area contributed by atoms with Crippen LogP contribution in [0.25, 0.3) is 0 Å². The molecule has 1 unspecified atom stereocenters. The van der Waals surface area contributed by atoms with Gasteiger partial charge in [0.05, 0.1) is 12.6 Å². The summed E-state index contributed by atoms with van der Waals surface area (Å²) in [5.74, 6) is 0.978. The van der Waals surface area contributed by atoms with E-state index in [4.69, 9.17) is 5.11 Å². The van der Waals surface area contributed by atoms with Gasteiger partial charge in [0.25, 0.3) is 0 Å². The van der Waals surface area contributed by atoms with Crippen LogP contribution < -0.4 is 0 Å². The van der Waals surface area contributed by atoms with Crippen LogP contribution in [0.15, 0.2) is 0 Å². The topological polar surface area (TPSA) is 47.0 Å². The number of aliphatic hydroxyl groups excluding tert-OH is 1. The normalized spacial score (nSPS) is 23.0. The fourth-order valence-electron chi connectivity index (χ4n) is 3.49. The zero-order valence-corrected chi connectivity index (χ0v) is 13.6. The molecular weight excluding hydrogens is 266 g/mol. The Morgan fingerprint density at radius 3 is 2.43 bits per heavy atom. The van der Waals surface area contributed by atoms with Gasteiger partial charge in [0.2, 0.25) is 5.91 Å². The van der Waals surface area contributed by atoms with Gasteiger partial charge in [-0.25, -0.2) is 0 Å². The summed E-state index contributed by atoms with van der Waals surface area (Å²) in [5, 5.41) is 8.98. The summed E-state index contributed by atoms with van der Waals surface area (Å²) < 4.78 is 0. The minimum absolute atomic E-state index is 0.00132. The van der Waals surface area contributed by atoms with E-state index in [-0.39, 0.29) is 12.6 Å². The van der Waals surface area contributed by atoms with E-state index in [0.717, 1.165) is 52.1 Å². The Bertz CT molecular complexity index is 323. The van der Waals surface area contributed by atoms with E-state index in [9.17, 15) is 4.79 Å². The molecule has 1 atom stereocenters. The lowest BCUT2D eigenvalue weighted by molar-refractivity contribution is -0.135. The van der Waals surface area contributed by atoms with Crippen molar-refractivity contribution in [2.75, 3.05) is 52.9 Å². The third kappa shape index (κ3) is 4.66. The largest absolute Gasteiger partial charge is 0.395 e. The molecule has 2 heterocycles. The maximum atomic E-state index is 12.4. The summed E-state index contributed by atoms with van der Waals surface area (Å²) in [6.07, 6.45) is 4.67. The van der Waals surface area contributed by atoms with Gasteiger partial charge < -0.3 is 14.9 Å². The van der Waals surface area contributed by atoms with Crippen molar-refractivity contribution in [1.29, 1.82) is 0 Å². The van der Waals surface area contributed by atoms with Gasteiger partial charge in [0, 0.05) is 26.2 Å². The van der Waals surface area contributed by atoms with Crippen LogP contribution in [0.3, 0.4) is 0 Å². The molecule has 0 aromatic carbocycles. The van der Waals surface area contributed by atoms with Crippen molar-refractivity contribution in [2.24, 2.45) is 5.92 Å². The Labute approximate surface area is 128 Å². The van der Waals surface area contributed by atoms with Crippen molar-refractivity contribution in [3.8, 4) is 0 Å². The third-order valence-electron chi connectivity index (χ3n) is 5.11. The number of hydrogen-bond donors (Lipinski definition) is 1. The molecule has 0 saturated carbocycles. The Morgan fingerprint density at radius 2 is 1.86 bits per heavy atom. The second kappa shape index (κ2) is 8.11. The van der Waals surface area contributed by atoms with E-state index >= 15 is 0 Å². The molecule has 2 aliphatic heterocycles. The number of β-amino-alcohol motifs (C(OH)–C–C–N with tert-alkyl or cyclic N) is 1. The third-order valence-corrected chi connectivity index (χ3v) is 5.11. The molecule has 1 amide bonds. The van der Waals surface area contributed by atoms with Gasteiger partial charge in [0.15, 0.2) is 0 Å². The first-order chi connectivity index (χ1) is 10.1. The van der Waals surface area contributed by atoms with Crippen molar-refractivity contribution in [3.05, 3.63) is 0 Å². The molecule has 0 aromatic rings. The number of likely N-dealkylation sites (N-methyl/N-ethyl adjacent to an activating group) is 1. The summed E-state index contributed by atoms with van der Waals surface area (Å²) in [5.41, 5.74) is 0. The smallest absolute Gasteiger partial charge is 0.239 e. The molecule has 0 spiro atoms. The SMILES string of the molecule is CC(C(=O)N1CCCC1)N(C)CC1CCN(CCO)CC1. The minimum Gasteiger partial charge on any atom is -0.395 e. The molecule has 0 aliphatic carbocycles. The van der Waals surface area contributed by atoms with Crippen molar-refractivity contribution in [2.45, 2.75) is 38.6 Å². The van der Waals surface area contributed by atoms with Crippen LogP contribution in [-0.2, 0) is 4.79 Å². The predicted molar refractivity (Wildman–Crippen MR) is 84.2 cm³/mol. The van der Waals surface area contributed by atoms with Gasteiger partial charge >= 0.3 is 0 Å². The van der Waals surface area contributed by atoms with E-state index in [1.165, 1.54) is 12.8 Å². The molecule has 2 aliphatic rings. The molecule has 122 valence electrons. The molecule has 2 fully saturated rings. The van der Waals surface area contributed by atoms with Gasteiger partial charge in [-0.05, 0) is 58.7 Å². The first kappa shape index (κ1) is 16.7. The highest BCUT2D eigenvalue weighted by molar-refractivity contribution is 5.81. The molecule has 0 radical (unpaired) electrons. The number of carbonyl (C=O) groups excluding carboxylic acids is 1. The molecule has 5 heteroatoms. The second-order valence-electron chi connectivity index (χ2n) is 6.66. The summed E-state index contributed by atoms with van der Waals surface area (Å²) >= 11 is 0. The van der Waals surface area contributed by atoms with Crippen LogP contribution in [0.4, 0.5) is 0 Å². The van der Waals surface area contributed by atoms with Crippen LogP contribution in [0.2, 0.25) is 0 Å². The molecule has 5 nitrogen and oxygen atoms in total. The monoisotopic (exact) mass is 297 g/mol. The first-order valence-corrected chi connectivity index (χ1v) is 8.44. The average molecular weight is 297 g/mol. The lowest BCUT2D eigenvalue weighted by Crippen LogP contribution is -2.47. The van der Waals surface area contributed by atoms with Crippen LogP contribution in [0.5, 0.6) is 0 Å². The van der Waals surface area contributed by atoms with Crippen molar-refractivity contribution < 1.29 is 9.90 Å². The molecule has 2 rings (SSSR count). The van der Waals surface area contributed by atoms with E-state index in [1.54, 1.807) is 0 Å². The number of amides is 1. The Balaban J connectivity index is 1.73. The number of rotatable bonds is 6. The second-order valence-corrected chi connectivity index (χ2v) is 6.66. The first-order valence-electron chi connectivity index (χ1n) is 8.44. The standard InChI is InChI=1S/C16H31N3O2/c1-14(16(21)19-7-3-4-8-19)17(2)13-15-5-9-18(10-6-15)11-12-20/h14-15,20H,3-13H2,1-2H3. The maximum absolute atomic E-state index is 12.4. The van der Waals surface area contributed by atoms with Gasteiger partial charge in [-0.3, -0.25) is 9.69 Å². The fourth-order valence-corrected chi connectivity index (χ4v) is 3.49. The van der Waals surface area contributed by atoms with Crippen LogP contribution in [0.1, 0.15) is 32.6 Å². The van der Waals surface area contributed by atoms with Crippen molar-refractivity contribution >= 4 is 5.91 Å². The molecule has 1 N–H and O–H groups in total. The number of carbonyl (C=O) groups is 1. The van der Waals surface area contributed by atoms with Crippen LogP contribution in [0, 0.1) is 5.92 Å². The summed E-state index contributed by atoms with van der Waals surface area (Å²) in [4.78, 5) is 19.0. The molecular formula is C16H31N3O2. The van der Waals surface area contributed by atoms with E-state index < -0.39 is 0 Å². The van der Waals surface area contributed by atoms with Gasteiger partial charge in [-0.15, -0.1) is 0 Å². The van der Waals surface area contributed by atoms with E-state index in [0.29, 0.717) is 11.8 Å². The highest BCUT2D eigenvalue weighted by Crippen LogP contribution is 2.19. The van der Waals surface area contributed by atoms with Crippen LogP contribution in [-0.4, -0.2) is 84.7 Å². The summed E-state index contributed by atoms with van der Waals surface area (Å²) in [7, 11) is 2.08.